The summed E-state index contributed by atoms with van der Waals surface area (Å²) >= 11 is 3.32. The van der Waals surface area contributed by atoms with Crippen molar-refractivity contribution in [3.8, 4) is 5.75 Å². The number of rotatable bonds is 4. The number of sulfonamides is 1. The van der Waals surface area contributed by atoms with Crippen LogP contribution in [-0.2, 0) is 10.0 Å². The molecular formula is C14H14BrNO3S. The summed E-state index contributed by atoms with van der Waals surface area (Å²) in [7, 11) is -2.08. The van der Waals surface area contributed by atoms with Gasteiger partial charge in [-0.05, 0) is 46.6 Å². The zero-order chi connectivity index (χ0) is 14.8. The van der Waals surface area contributed by atoms with Crippen LogP contribution in [0.15, 0.2) is 51.8 Å². The molecule has 4 nitrogen and oxygen atoms in total. The topological polar surface area (TPSA) is 55.4 Å². The number of ether oxygens (including phenoxy) is 1. The zero-order valence-corrected chi connectivity index (χ0v) is 13.5. The van der Waals surface area contributed by atoms with Gasteiger partial charge >= 0.3 is 0 Å². The minimum absolute atomic E-state index is 0.266. The first-order chi connectivity index (χ1) is 9.44. The van der Waals surface area contributed by atoms with Crippen molar-refractivity contribution in [2.45, 2.75) is 11.8 Å². The Morgan fingerprint density at radius 3 is 2.50 bits per heavy atom. The van der Waals surface area contributed by atoms with E-state index in [1.807, 2.05) is 0 Å². The van der Waals surface area contributed by atoms with E-state index in [0.29, 0.717) is 17.0 Å². The Balaban J connectivity index is 2.36. The SMILES string of the molecule is COc1cc(NS(=O)(=O)c2ccccc2C)ccc1Br. The van der Waals surface area contributed by atoms with Crippen LogP contribution in [0.4, 0.5) is 5.69 Å². The Bertz CT molecular complexity index is 729. The monoisotopic (exact) mass is 355 g/mol. The number of aryl methyl sites for hydroxylation is 1. The van der Waals surface area contributed by atoms with Crippen molar-refractivity contribution in [1.82, 2.24) is 0 Å². The van der Waals surface area contributed by atoms with E-state index >= 15 is 0 Å². The van der Waals surface area contributed by atoms with Crippen LogP contribution >= 0.6 is 15.9 Å². The Morgan fingerprint density at radius 2 is 1.85 bits per heavy atom. The molecular weight excluding hydrogens is 342 g/mol. The molecule has 6 heteroatoms. The lowest BCUT2D eigenvalue weighted by atomic mass is 10.2. The van der Waals surface area contributed by atoms with Crippen molar-refractivity contribution < 1.29 is 13.2 Å². The Labute approximate surface area is 127 Å². The van der Waals surface area contributed by atoms with Crippen LogP contribution in [0.2, 0.25) is 0 Å². The number of halogens is 1. The van der Waals surface area contributed by atoms with E-state index < -0.39 is 10.0 Å². The van der Waals surface area contributed by atoms with Gasteiger partial charge in [-0.25, -0.2) is 8.42 Å². The largest absolute Gasteiger partial charge is 0.495 e. The molecule has 0 aliphatic heterocycles. The second-order valence-corrected chi connectivity index (χ2v) is 6.73. The minimum Gasteiger partial charge on any atom is -0.495 e. The van der Waals surface area contributed by atoms with Gasteiger partial charge in [0.05, 0.1) is 22.2 Å². The first-order valence-corrected chi connectivity index (χ1v) is 8.13. The molecule has 20 heavy (non-hydrogen) atoms. The van der Waals surface area contributed by atoms with Gasteiger partial charge in [-0.3, -0.25) is 4.72 Å². The first kappa shape index (κ1) is 14.9. The van der Waals surface area contributed by atoms with Crippen molar-refractivity contribution in [2.24, 2.45) is 0 Å². The Morgan fingerprint density at radius 1 is 1.15 bits per heavy atom. The molecule has 0 spiro atoms. The number of benzene rings is 2. The summed E-state index contributed by atoms with van der Waals surface area (Å²) < 4.78 is 33.1. The molecule has 2 rings (SSSR count). The second-order valence-electron chi connectivity index (χ2n) is 4.22. The van der Waals surface area contributed by atoms with Gasteiger partial charge < -0.3 is 4.74 Å². The molecule has 0 saturated heterocycles. The second kappa shape index (κ2) is 5.85. The number of methoxy groups -OCH3 is 1. The van der Waals surface area contributed by atoms with Crippen LogP contribution in [0.25, 0.3) is 0 Å². The molecule has 0 bridgehead atoms. The summed E-state index contributed by atoms with van der Waals surface area (Å²) in [4.78, 5) is 0.266. The molecule has 0 amide bonds. The van der Waals surface area contributed by atoms with E-state index in [4.69, 9.17) is 4.74 Å². The third-order valence-corrected chi connectivity index (χ3v) is 4.98. The molecule has 0 radical (unpaired) electrons. The van der Waals surface area contributed by atoms with Crippen LogP contribution in [0.5, 0.6) is 5.75 Å². The molecule has 0 unspecified atom stereocenters. The summed E-state index contributed by atoms with van der Waals surface area (Å²) in [5, 5.41) is 0. The molecule has 1 N–H and O–H groups in total. The number of hydrogen-bond acceptors (Lipinski definition) is 3. The fourth-order valence-electron chi connectivity index (χ4n) is 1.79. The van der Waals surface area contributed by atoms with Crippen LogP contribution in [0.3, 0.4) is 0 Å². The van der Waals surface area contributed by atoms with E-state index in [1.54, 1.807) is 49.4 Å². The van der Waals surface area contributed by atoms with Crippen LogP contribution in [0.1, 0.15) is 5.56 Å². The van der Waals surface area contributed by atoms with E-state index in [0.717, 1.165) is 4.47 Å². The third-order valence-electron chi connectivity index (χ3n) is 2.79. The maximum absolute atomic E-state index is 12.3. The highest BCUT2D eigenvalue weighted by Crippen LogP contribution is 2.29. The minimum atomic E-state index is -3.60. The quantitative estimate of drug-likeness (QED) is 0.911. The Kier molecular flexibility index (Phi) is 4.35. The van der Waals surface area contributed by atoms with Crippen LogP contribution in [0, 0.1) is 6.92 Å². The lowest BCUT2D eigenvalue weighted by Gasteiger charge is -2.11. The fourth-order valence-corrected chi connectivity index (χ4v) is 3.50. The summed E-state index contributed by atoms with van der Waals surface area (Å²) in [5.41, 5.74) is 1.15. The number of nitrogens with one attached hydrogen (secondary N) is 1. The average Bonchev–Trinajstić information content (AvgIpc) is 2.41. The van der Waals surface area contributed by atoms with Gasteiger partial charge in [0.25, 0.3) is 10.0 Å². The van der Waals surface area contributed by atoms with E-state index in [9.17, 15) is 8.42 Å². The molecule has 0 heterocycles. The predicted octanol–water partition coefficient (Wildman–Crippen LogP) is 3.57. The van der Waals surface area contributed by atoms with Crippen molar-refractivity contribution >= 4 is 31.6 Å². The highest BCUT2D eigenvalue weighted by Gasteiger charge is 2.16. The maximum Gasteiger partial charge on any atom is 0.262 e. The van der Waals surface area contributed by atoms with Crippen molar-refractivity contribution in [2.75, 3.05) is 11.8 Å². The Hall–Kier alpha value is -1.53. The smallest absolute Gasteiger partial charge is 0.262 e. The van der Waals surface area contributed by atoms with Gasteiger partial charge in [-0.1, -0.05) is 18.2 Å². The van der Waals surface area contributed by atoms with Crippen molar-refractivity contribution in [3.63, 3.8) is 0 Å². The van der Waals surface area contributed by atoms with Crippen molar-refractivity contribution in [3.05, 3.63) is 52.5 Å². The zero-order valence-electron chi connectivity index (χ0n) is 11.1. The predicted molar refractivity (Wildman–Crippen MR) is 82.7 cm³/mol. The van der Waals surface area contributed by atoms with E-state index in [-0.39, 0.29) is 4.90 Å². The highest BCUT2D eigenvalue weighted by molar-refractivity contribution is 9.10. The molecule has 0 atom stereocenters. The summed E-state index contributed by atoms with van der Waals surface area (Å²) in [5.74, 6) is 0.565. The van der Waals surface area contributed by atoms with Gasteiger partial charge in [-0.2, -0.15) is 0 Å². The molecule has 0 aliphatic carbocycles. The first-order valence-electron chi connectivity index (χ1n) is 5.86. The van der Waals surface area contributed by atoms with Crippen molar-refractivity contribution in [1.29, 1.82) is 0 Å². The molecule has 2 aromatic carbocycles. The van der Waals surface area contributed by atoms with E-state index in [2.05, 4.69) is 20.7 Å². The normalized spacial score (nSPS) is 11.2. The standard InChI is InChI=1S/C14H14BrNO3S/c1-10-5-3-4-6-14(10)20(17,18)16-11-7-8-12(15)13(9-11)19-2/h3-9,16H,1-2H3. The third kappa shape index (κ3) is 3.13. The molecule has 0 aliphatic rings. The lowest BCUT2D eigenvalue weighted by molar-refractivity contribution is 0.412. The van der Waals surface area contributed by atoms with Crippen LogP contribution in [-0.4, -0.2) is 15.5 Å². The van der Waals surface area contributed by atoms with Gasteiger partial charge in [-0.15, -0.1) is 0 Å². The van der Waals surface area contributed by atoms with Crippen LogP contribution < -0.4 is 9.46 Å². The summed E-state index contributed by atoms with van der Waals surface area (Å²) in [6.45, 7) is 1.76. The number of anilines is 1. The van der Waals surface area contributed by atoms with Gasteiger partial charge in [0.1, 0.15) is 5.75 Å². The molecule has 106 valence electrons. The fraction of sp³-hybridized carbons (Fsp3) is 0.143. The van der Waals surface area contributed by atoms with Gasteiger partial charge in [0.2, 0.25) is 0 Å². The summed E-state index contributed by atoms with van der Waals surface area (Å²) in [6, 6.07) is 11.9. The van der Waals surface area contributed by atoms with E-state index in [1.165, 1.54) is 7.11 Å². The average molecular weight is 356 g/mol. The van der Waals surface area contributed by atoms with Gasteiger partial charge in [0, 0.05) is 6.07 Å². The number of hydrogen-bond donors (Lipinski definition) is 1. The molecule has 0 aromatic heterocycles. The summed E-state index contributed by atoms with van der Waals surface area (Å²) in [6.07, 6.45) is 0. The lowest BCUT2D eigenvalue weighted by Crippen LogP contribution is -2.14. The van der Waals surface area contributed by atoms with Gasteiger partial charge in [0.15, 0.2) is 0 Å². The molecule has 0 fully saturated rings. The molecule has 2 aromatic rings. The maximum atomic E-state index is 12.3. The molecule has 0 saturated carbocycles. The highest BCUT2D eigenvalue weighted by atomic mass is 79.9.